The van der Waals surface area contributed by atoms with Gasteiger partial charge in [-0.15, -0.1) is 0 Å². The summed E-state index contributed by atoms with van der Waals surface area (Å²) in [6, 6.07) is 0. The van der Waals surface area contributed by atoms with Gasteiger partial charge < -0.3 is 5.11 Å². The molecule has 0 bridgehead atoms. The summed E-state index contributed by atoms with van der Waals surface area (Å²) in [6.45, 7) is 15.8. The summed E-state index contributed by atoms with van der Waals surface area (Å²) < 4.78 is 0. The maximum Gasteiger partial charge on any atom is 0.0585 e. The summed E-state index contributed by atoms with van der Waals surface area (Å²) in [7, 11) is 0.888. The molecule has 0 radical (unpaired) electrons. The van der Waals surface area contributed by atoms with E-state index in [0.717, 1.165) is 27.8 Å². The van der Waals surface area contributed by atoms with Crippen LogP contribution in [0.15, 0.2) is 47.3 Å². The Bertz CT molecular complexity index is 591. The van der Waals surface area contributed by atoms with Gasteiger partial charge in [0.25, 0.3) is 0 Å². The number of aliphatic hydroxyl groups excluding tert-OH is 1. The minimum absolute atomic E-state index is 0.0906. The minimum Gasteiger partial charge on any atom is -0.393 e. The Hall–Kier alpha value is -0.650. The van der Waals surface area contributed by atoms with Gasteiger partial charge in [-0.3, -0.25) is 0 Å². The van der Waals surface area contributed by atoms with Crippen LogP contribution in [-0.2, 0) is 0 Å². The van der Waals surface area contributed by atoms with Crippen LogP contribution in [0.3, 0.4) is 0 Å². The van der Waals surface area contributed by atoms with Crippen LogP contribution < -0.4 is 0 Å². The van der Waals surface area contributed by atoms with E-state index in [-0.39, 0.29) is 11.5 Å². The molecular formula is C24H39OP. The molecule has 1 saturated carbocycles. The highest BCUT2D eigenvalue weighted by Gasteiger charge is 2.32. The van der Waals surface area contributed by atoms with Crippen LogP contribution in [-0.4, -0.2) is 17.4 Å². The SMILES string of the molecule is C=C1CCCC(C)(C)C1/C=C/PCC/C=C/C1=C(C)C[C@@H](O)CC1(C)C. The van der Waals surface area contributed by atoms with Crippen molar-refractivity contribution in [2.75, 3.05) is 6.16 Å². The van der Waals surface area contributed by atoms with Crippen LogP contribution in [0.4, 0.5) is 0 Å². The molecule has 1 nitrogen and oxygen atoms in total. The summed E-state index contributed by atoms with van der Waals surface area (Å²) in [5, 5.41) is 9.99. The first kappa shape index (κ1) is 21.6. The quantitative estimate of drug-likeness (QED) is 0.301. The Kier molecular flexibility index (Phi) is 7.52. The van der Waals surface area contributed by atoms with Gasteiger partial charge in [-0.2, -0.15) is 0 Å². The third-order valence-corrected chi connectivity index (χ3v) is 7.23. The van der Waals surface area contributed by atoms with Crippen molar-refractivity contribution in [3.8, 4) is 0 Å². The second-order valence-corrected chi connectivity index (χ2v) is 10.9. The monoisotopic (exact) mass is 374 g/mol. The molecule has 26 heavy (non-hydrogen) atoms. The van der Waals surface area contributed by atoms with Crippen molar-refractivity contribution >= 4 is 8.58 Å². The number of aliphatic hydroxyl groups is 1. The molecule has 0 aromatic carbocycles. The number of allylic oxidation sites excluding steroid dienone is 5. The molecule has 0 saturated heterocycles. The van der Waals surface area contributed by atoms with Gasteiger partial charge >= 0.3 is 0 Å². The Morgan fingerprint density at radius 3 is 2.65 bits per heavy atom. The molecule has 146 valence electrons. The molecule has 3 atom stereocenters. The predicted molar refractivity (Wildman–Crippen MR) is 118 cm³/mol. The lowest BCUT2D eigenvalue weighted by Crippen LogP contribution is -2.28. The number of hydrogen-bond acceptors (Lipinski definition) is 1. The Morgan fingerprint density at radius 2 is 2.00 bits per heavy atom. The van der Waals surface area contributed by atoms with Crippen LogP contribution in [0.1, 0.15) is 73.1 Å². The predicted octanol–water partition coefficient (Wildman–Crippen LogP) is 7.00. The lowest BCUT2D eigenvalue weighted by atomic mass is 9.67. The maximum absolute atomic E-state index is 9.99. The summed E-state index contributed by atoms with van der Waals surface area (Å²) >= 11 is 0. The molecule has 2 aliphatic carbocycles. The van der Waals surface area contributed by atoms with E-state index in [9.17, 15) is 5.11 Å². The average molecular weight is 375 g/mol. The molecule has 0 aromatic rings. The molecule has 0 aromatic heterocycles. The Balaban J connectivity index is 1.81. The van der Waals surface area contributed by atoms with Gasteiger partial charge in [0.1, 0.15) is 0 Å². The highest BCUT2D eigenvalue weighted by Crippen LogP contribution is 2.44. The summed E-state index contributed by atoms with van der Waals surface area (Å²) in [5.41, 5.74) is 4.67. The molecule has 1 N–H and O–H groups in total. The molecule has 2 unspecified atom stereocenters. The number of hydrogen-bond donors (Lipinski definition) is 1. The standard InChI is InChI=1S/C24H39OP/c1-18-10-9-13-23(3,4)22(18)12-15-26-14-8-7-11-21-19(2)16-20(25)17-24(21,5)6/h7,11-12,15,20,22,25-26H,1,8-10,13-14,16-17H2,2-6H3/b11-7+,15-12+/t20-,22?/m1/s1. The van der Waals surface area contributed by atoms with Crippen molar-refractivity contribution in [1.29, 1.82) is 0 Å². The topological polar surface area (TPSA) is 20.2 Å². The van der Waals surface area contributed by atoms with Crippen LogP contribution in [0, 0.1) is 16.7 Å². The molecule has 1 fully saturated rings. The second-order valence-electron chi connectivity index (χ2n) is 9.62. The second kappa shape index (κ2) is 9.03. The molecule has 2 aliphatic rings. The van der Waals surface area contributed by atoms with Gasteiger partial charge in [-0.05, 0) is 68.0 Å². The van der Waals surface area contributed by atoms with Crippen molar-refractivity contribution in [3.63, 3.8) is 0 Å². The van der Waals surface area contributed by atoms with Crippen molar-refractivity contribution < 1.29 is 5.11 Å². The zero-order valence-electron chi connectivity index (χ0n) is 17.6. The third-order valence-electron chi connectivity index (χ3n) is 6.22. The van der Waals surface area contributed by atoms with Gasteiger partial charge in [-0.1, -0.05) is 78.0 Å². The molecule has 2 rings (SSSR count). The molecular weight excluding hydrogens is 335 g/mol. The lowest BCUT2D eigenvalue weighted by molar-refractivity contribution is 0.116. The lowest BCUT2D eigenvalue weighted by Gasteiger charge is -2.38. The zero-order chi connectivity index (χ0) is 19.4. The van der Waals surface area contributed by atoms with E-state index in [1.54, 1.807) is 0 Å². The fourth-order valence-corrected chi connectivity index (χ4v) is 5.66. The summed E-state index contributed by atoms with van der Waals surface area (Å²) in [6.07, 6.45) is 14.8. The van der Waals surface area contributed by atoms with E-state index in [4.69, 9.17) is 0 Å². The van der Waals surface area contributed by atoms with Gasteiger partial charge in [-0.25, -0.2) is 0 Å². The van der Waals surface area contributed by atoms with Crippen LogP contribution in [0.25, 0.3) is 0 Å². The fraction of sp³-hybridized carbons (Fsp3) is 0.667. The van der Waals surface area contributed by atoms with Crippen molar-refractivity contribution in [2.45, 2.75) is 79.2 Å². The van der Waals surface area contributed by atoms with E-state index in [1.807, 2.05) is 0 Å². The summed E-state index contributed by atoms with van der Waals surface area (Å²) in [4.78, 5) is 0. The number of rotatable bonds is 6. The van der Waals surface area contributed by atoms with Crippen molar-refractivity contribution in [2.24, 2.45) is 16.7 Å². The van der Waals surface area contributed by atoms with E-state index in [0.29, 0.717) is 11.3 Å². The van der Waals surface area contributed by atoms with Gasteiger partial charge in [0.05, 0.1) is 6.10 Å². The third kappa shape index (κ3) is 5.67. The first-order valence-electron chi connectivity index (χ1n) is 10.3. The van der Waals surface area contributed by atoms with Crippen molar-refractivity contribution in [1.82, 2.24) is 0 Å². The zero-order valence-corrected chi connectivity index (χ0v) is 18.6. The highest BCUT2D eigenvalue weighted by atomic mass is 31.1. The van der Waals surface area contributed by atoms with Crippen LogP contribution in [0.2, 0.25) is 0 Å². The molecule has 2 heteroatoms. The van der Waals surface area contributed by atoms with Crippen LogP contribution in [0.5, 0.6) is 0 Å². The highest BCUT2D eigenvalue weighted by molar-refractivity contribution is 7.41. The summed E-state index contributed by atoms with van der Waals surface area (Å²) in [5.74, 6) is 2.96. The Labute approximate surface area is 163 Å². The molecule has 0 spiro atoms. The Morgan fingerprint density at radius 1 is 1.27 bits per heavy atom. The van der Waals surface area contributed by atoms with E-state index >= 15 is 0 Å². The van der Waals surface area contributed by atoms with E-state index in [1.165, 1.54) is 42.1 Å². The fourth-order valence-electron chi connectivity index (χ4n) is 4.83. The van der Waals surface area contributed by atoms with E-state index in [2.05, 4.69) is 65.2 Å². The van der Waals surface area contributed by atoms with Crippen molar-refractivity contribution in [3.05, 3.63) is 47.3 Å². The largest absolute Gasteiger partial charge is 0.393 e. The normalized spacial score (nSPS) is 29.5. The average Bonchev–Trinajstić information content (AvgIpc) is 2.49. The van der Waals surface area contributed by atoms with Gasteiger partial charge in [0.2, 0.25) is 0 Å². The smallest absolute Gasteiger partial charge is 0.0585 e. The van der Waals surface area contributed by atoms with Gasteiger partial charge in [0, 0.05) is 5.92 Å². The molecule has 0 aliphatic heterocycles. The maximum atomic E-state index is 9.99. The first-order chi connectivity index (χ1) is 12.1. The minimum atomic E-state index is -0.174. The van der Waals surface area contributed by atoms with Crippen LogP contribution >= 0.6 is 8.58 Å². The molecule has 0 heterocycles. The first-order valence-corrected chi connectivity index (χ1v) is 11.5. The van der Waals surface area contributed by atoms with Gasteiger partial charge in [0.15, 0.2) is 0 Å². The molecule has 0 amide bonds. The van der Waals surface area contributed by atoms with E-state index < -0.39 is 0 Å².